The molecule has 0 saturated heterocycles. The number of benzene rings is 1. The second kappa shape index (κ2) is 8.31. The van der Waals surface area contributed by atoms with E-state index in [0.29, 0.717) is 37.3 Å². The molecule has 0 aromatic heterocycles. The Morgan fingerprint density at radius 2 is 1.78 bits per heavy atom. The number of carbonyl (C=O) groups excluding carboxylic acids is 1. The summed E-state index contributed by atoms with van der Waals surface area (Å²) < 4.78 is 5.43. The molecule has 0 spiro atoms. The number of amides is 1. The highest BCUT2D eigenvalue weighted by Crippen LogP contribution is 2.29. The van der Waals surface area contributed by atoms with Crippen molar-refractivity contribution in [3.05, 3.63) is 34.9 Å². The standard InChI is InChI=1S/C17H22ClNO4/c1-23-15(11-6-8-14(18)9-7-11)10-19-16(20)12-2-4-13(5-3-12)17(21)22/h6-9,12-13,15H,2-5,10H2,1H3,(H,19,20)(H,21,22). The van der Waals surface area contributed by atoms with E-state index in [9.17, 15) is 9.59 Å². The van der Waals surface area contributed by atoms with Crippen LogP contribution in [0.15, 0.2) is 24.3 Å². The topological polar surface area (TPSA) is 75.6 Å². The minimum Gasteiger partial charge on any atom is -0.481 e. The van der Waals surface area contributed by atoms with Crippen molar-refractivity contribution >= 4 is 23.5 Å². The van der Waals surface area contributed by atoms with Gasteiger partial charge in [0.15, 0.2) is 0 Å². The van der Waals surface area contributed by atoms with Gasteiger partial charge < -0.3 is 15.2 Å². The van der Waals surface area contributed by atoms with Crippen molar-refractivity contribution in [3.8, 4) is 0 Å². The molecule has 23 heavy (non-hydrogen) atoms. The van der Waals surface area contributed by atoms with E-state index in [1.54, 1.807) is 19.2 Å². The smallest absolute Gasteiger partial charge is 0.306 e. The summed E-state index contributed by atoms with van der Waals surface area (Å²) in [7, 11) is 1.60. The van der Waals surface area contributed by atoms with Crippen LogP contribution in [0, 0.1) is 11.8 Å². The highest BCUT2D eigenvalue weighted by Gasteiger charge is 2.29. The van der Waals surface area contributed by atoms with Crippen LogP contribution >= 0.6 is 11.6 Å². The molecule has 1 unspecified atom stereocenters. The molecule has 1 saturated carbocycles. The summed E-state index contributed by atoms with van der Waals surface area (Å²) in [5.41, 5.74) is 0.951. The van der Waals surface area contributed by atoms with Crippen molar-refractivity contribution in [2.45, 2.75) is 31.8 Å². The Labute approximate surface area is 141 Å². The molecule has 1 fully saturated rings. The van der Waals surface area contributed by atoms with Gasteiger partial charge in [-0.05, 0) is 43.4 Å². The van der Waals surface area contributed by atoms with Crippen molar-refractivity contribution in [2.75, 3.05) is 13.7 Å². The number of carboxylic acids is 1. The lowest BCUT2D eigenvalue weighted by Gasteiger charge is -2.26. The molecule has 0 bridgehead atoms. The fourth-order valence-corrected chi connectivity index (χ4v) is 3.08. The van der Waals surface area contributed by atoms with Crippen molar-refractivity contribution in [3.63, 3.8) is 0 Å². The Balaban J connectivity index is 1.83. The van der Waals surface area contributed by atoms with Crippen molar-refractivity contribution in [1.82, 2.24) is 5.32 Å². The number of carboxylic acid groups (broad SMARTS) is 1. The van der Waals surface area contributed by atoms with E-state index in [0.717, 1.165) is 5.56 Å². The summed E-state index contributed by atoms with van der Waals surface area (Å²) in [6, 6.07) is 7.33. The van der Waals surface area contributed by atoms with Gasteiger partial charge in [0.1, 0.15) is 0 Å². The van der Waals surface area contributed by atoms with Crippen LogP contribution in [-0.2, 0) is 14.3 Å². The molecular formula is C17H22ClNO4. The number of hydrogen-bond acceptors (Lipinski definition) is 3. The van der Waals surface area contributed by atoms with Gasteiger partial charge in [-0.3, -0.25) is 9.59 Å². The van der Waals surface area contributed by atoms with Gasteiger partial charge in [-0.2, -0.15) is 0 Å². The van der Waals surface area contributed by atoms with Gasteiger partial charge in [0.2, 0.25) is 5.91 Å². The highest BCUT2D eigenvalue weighted by atomic mass is 35.5. The molecule has 0 radical (unpaired) electrons. The molecule has 5 nitrogen and oxygen atoms in total. The lowest BCUT2D eigenvalue weighted by atomic mass is 9.81. The number of aliphatic carboxylic acids is 1. The predicted octanol–water partition coefficient (Wildman–Crippen LogP) is 3.03. The molecule has 0 aliphatic heterocycles. The van der Waals surface area contributed by atoms with Crippen LogP contribution < -0.4 is 5.32 Å². The summed E-state index contributed by atoms with van der Waals surface area (Å²) in [5.74, 6) is -1.19. The predicted molar refractivity (Wildman–Crippen MR) is 87.3 cm³/mol. The number of rotatable bonds is 6. The molecular weight excluding hydrogens is 318 g/mol. The summed E-state index contributed by atoms with van der Waals surface area (Å²) in [6.07, 6.45) is 2.16. The second-order valence-electron chi connectivity index (χ2n) is 5.91. The average Bonchev–Trinajstić information content (AvgIpc) is 2.56. The quantitative estimate of drug-likeness (QED) is 0.835. The van der Waals surface area contributed by atoms with E-state index in [2.05, 4.69) is 5.32 Å². The molecule has 6 heteroatoms. The zero-order chi connectivity index (χ0) is 16.8. The maximum absolute atomic E-state index is 12.2. The molecule has 126 valence electrons. The Hall–Kier alpha value is -1.59. The number of ether oxygens (including phenoxy) is 1. The highest BCUT2D eigenvalue weighted by molar-refractivity contribution is 6.30. The zero-order valence-electron chi connectivity index (χ0n) is 13.1. The van der Waals surface area contributed by atoms with Crippen LogP contribution in [0.2, 0.25) is 5.02 Å². The monoisotopic (exact) mass is 339 g/mol. The van der Waals surface area contributed by atoms with E-state index in [1.807, 2.05) is 12.1 Å². The minimum absolute atomic E-state index is 0.0233. The van der Waals surface area contributed by atoms with Crippen LogP contribution in [0.3, 0.4) is 0 Å². The molecule has 1 aromatic rings. The third-order valence-electron chi connectivity index (χ3n) is 4.44. The van der Waals surface area contributed by atoms with E-state index in [4.69, 9.17) is 21.4 Å². The normalized spacial score (nSPS) is 22.3. The molecule has 1 amide bonds. The second-order valence-corrected chi connectivity index (χ2v) is 6.34. The van der Waals surface area contributed by atoms with E-state index in [-0.39, 0.29) is 23.8 Å². The first kappa shape index (κ1) is 17.8. The van der Waals surface area contributed by atoms with Crippen molar-refractivity contribution in [1.29, 1.82) is 0 Å². The van der Waals surface area contributed by atoms with Gasteiger partial charge in [0, 0.05) is 24.6 Å². The average molecular weight is 340 g/mol. The zero-order valence-corrected chi connectivity index (χ0v) is 13.9. The summed E-state index contributed by atoms with van der Waals surface area (Å²) in [4.78, 5) is 23.2. The third kappa shape index (κ3) is 4.94. The molecule has 1 aliphatic carbocycles. The van der Waals surface area contributed by atoms with E-state index < -0.39 is 5.97 Å². The molecule has 1 atom stereocenters. The van der Waals surface area contributed by atoms with Crippen LogP contribution in [-0.4, -0.2) is 30.6 Å². The Bertz CT molecular complexity index is 538. The van der Waals surface area contributed by atoms with Gasteiger partial charge >= 0.3 is 5.97 Å². The van der Waals surface area contributed by atoms with Gasteiger partial charge in [-0.25, -0.2) is 0 Å². The Kier molecular flexibility index (Phi) is 6.42. The first-order chi connectivity index (χ1) is 11.0. The number of halogens is 1. The van der Waals surface area contributed by atoms with E-state index in [1.165, 1.54) is 0 Å². The van der Waals surface area contributed by atoms with Crippen LogP contribution in [0.5, 0.6) is 0 Å². The number of methoxy groups -OCH3 is 1. The summed E-state index contributed by atoms with van der Waals surface area (Å²) >= 11 is 5.87. The third-order valence-corrected chi connectivity index (χ3v) is 4.69. The van der Waals surface area contributed by atoms with Crippen LogP contribution in [0.25, 0.3) is 0 Å². The Morgan fingerprint density at radius 1 is 1.22 bits per heavy atom. The van der Waals surface area contributed by atoms with Crippen molar-refractivity contribution in [2.24, 2.45) is 11.8 Å². The molecule has 1 aliphatic rings. The Morgan fingerprint density at radius 3 is 2.30 bits per heavy atom. The molecule has 2 rings (SSSR count). The van der Waals surface area contributed by atoms with Gasteiger partial charge in [0.25, 0.3) is 0 Å². The SMILES string of the molecule is COC(CNC(=O)C1CCC(C(=O)O)CC1)c1ccc(Cl)cc1. The van der Waals surface area contributed by atoms with E-state index >= 15 is 0 Å². The van der Waals surface area contributed by atoms with Gasteiger partial charge in [-0.15, -0.1) is 0 Å². The van der Waals surface area contributed by atoms with Crippen molar-refractivity contribution < 1.29 is 19.4 Å². The summed E-state index contributed by atoms with van der Waals surface area (Å²) in [5, 5.41) is 12.6. The first-order valence-corrected chi connectivity index (χ1v) is 8.17. The van der Waals surface area contributed by atoms with Crippen LogP contribution in [0.4, 0.5) is 0 Å². The van der Waals surface area contributed by atoms with Crippen LogP contribution in [0.1, 0.15) is 37.4 Å². The fourth-order valence-electron chi connectivity index (χ4n) is 2.95. The lowest BCUT2D eigenvalue weighted by Crippen LogP contribution is -2.36. The molecule has 0 heterocycles. The maximum Gasteiger partial charge on any atom is 0.306 e. The first-order valence-electron chi connectivity index (χ1n) is 7.80. The number of carbonyl (C=O) groups is 2. The van der Waals surface area contributed by atoms with Gasteiger partial charge in [-0.1, -0.05) is 23.7 Å². The minimum atomic E-state index is -0.758. The molecule has 2 N–H and O–H groups in total. The number of hydrogen-bond donors (Lipinski definition) is 2. The fraction of sp³-hybridized carbons (Fsp3) is 0.529. The lowest BCUT2D eigenvalue weighted by molar-refractivity contribution is -0.144. The maximum atomic E-state index is 12.2. The summed E-state index contributed by atoms with van der Waals surface area (Å²) in [6.45, 7) is 0.385. The van der Waals surface area contributed by atoms with Gasteiger partial charge in [0.05, 0.1) is 12.0 Å². The largest absolute Gasteiger partial charge is 0.481 e. The molecule has 1 aromatic carbocycles. The number of nitrogens with one attached hydrogen (secondary N) is 1.